The molecule has 0 fully saturated rings. The van der Waals surface area contributed by atoms with Crippen molar-refractivity contribution < 1.29 is 8.85 Å². The average molecular weight is 188 g/mol. The molecule has 0 aliphatic heterocycles. The molecule has 0 rings (SSSR count). The molecular formula is C9H20O2Si. The number of unbranched alkanes of at least 4 members (excludes halogenated alkanes) is 1. The Morgan fingerprint density at radius 1 is 1.42 bits per heavy atom. The molecule has 72 valence electrons. The van der Waals surface area contributed by atoms with Crippen molar-refractivity contribution in [1.82, 2.24) is 0 Å². The van der Waals surface area contributed by atoms with Gasteiger partial charge in [0, 0.05) is 19.8 Å². The summed E-state index contributed by atoms with van der Waals surface area (Å²) < 4.78 is 10.6. The maximum atomic E-state index is 5.29. The summed E-state index contributed by atoms with van der Waals surface area (Å²) in [5.41, 5.74) is 0.458. The molecule has 0 saturated carbocycles. The molecule has 0 N–H and O–H groups in total. The Morgan fingerprint density at radius 2 is 2.00 bits per heavy atom. The van der Waals surface area contributed by atoms with Crippen LogP contribution in [0.4, 0.5) is 0 Å². The van der Waals surface area contributed by atoms with Crippen LogP contribution in [-0.2, 0) is 8.85 Å². The first-order chi connectivity index (χ1) is 5.79. The maximum absolute atomic E-state index is 5.29. The van der Waals surface area contributed by atoms with Crippen molar-refractivity contribution in [3.8, 4) is 0 Å². The average Bonchev–Trinajstić information content (AvgIpc) is 2.12. The molecule has 0 aliphatic rings. The van der Waals surface area contributed by atoms with Gasteiger partial charge in [0.05, 0.1) is 0 Å². The molecule has 1 unspecified atom stereocenters. The largest absolute Gasteiger partial charge is 0.400 e. The lowest BCUT2D eigenvalue weighted by molar-refractivity contribution is 0.268. The highest BCUT2D eigenvalue weighted by Gasteiger charge is 2.20. The van der Waals surface area contributed by atoms with Crippen LogP contribution in [0.2, 0.25) is 5.54 Å². The van der Waals surface area contributed by atoms with E-state index in [0.717, 1.165) is 6.42 Å². The first-order valence-electron chi connectivity index (χ1n) is 4.48. The van der Waals surface area contributed by atoms with E-state index in [0.29, 0.717) is 5.54 Å². The highest BCUT2D eigenvalue weighted by molar-refractivity contribution is 6.47. The van der Waals surface area contributed by atoms with Gasteiger partial charge in [-0.15, -0.1) is 6.58 Å². The van der Waals surface area contributed by atoms with Gasteiger partial charge < -0.3 is 8.85 Å². The second-order valence-corrected chi connectivity index (χ2v) is 5.42. The van der Waals surface area contributed by atoms with Crippen LogP contribution in [0, 0.1) is 0 Å². The third kappa shape index (κ3) is 4.04. The third-order valence-electron chi connectivity index (χ3n) is 2.01. The molecule has 0 spiro atoms. The van der Waals surface area contributed by atoms with Gasteiger partial charge >= 0.3 is 9.28 Å². The molecule has 0 aromatic rings. The van der Waals surface area contributed by atoms with Crippen LogP contribution in [0.3, 0.4) is 0 Å². The Balaban J connectivity index is 3.84. The van der Waals surface area contributed by atoms with Crippen molar-refractivity contribution in [3.05, 3.63) is 12.7 Å². The Hall–Kier alpha value is -0.123. The first kappa shape index (κ1) is 11.9. The van der Waals surface area contributed by atoms with E-state index in [9.17, 15) is 0 Å². The lowest BCUT2D eigenvalue weighted by Gasteiger charge is -2.18. The van der Waals surface area contributed by atoms with Gasteiger partial charge in [0.25, 0.3) is 0 Å². The topological polar surface area (TPSA) is 18.5 Å². The summed E-state index contributed by atoms with van der Waals surface area (Å²) in [6.07, 6.45) is 5.57. The summed E-state index contributed by atoms with van der Waals surface area (Å²) in [5, 5.41) is 0. The maximum Gasteiger partial charge on any atom is 0.327 e. The third-order valence-corrected chi connectivity index (χ3v) is 4.24. The van der Waals surface area contributed by atoms with E-state index < -0.39 is 9.28 Å². The van der Waals surface area contributed by atoms with Crippen molar-refractivity contribution in [2.75, 3.05) is 14.2 Å². The van der Waals surface area contributed by atoms with E-state index in [1.54, 1.807) is 14.2 Å². The van der Waals surface area contributed by atoms with Crippen LogP contribution in [0.5, 0.6) is 0 Å². The number of allylic oxidation sites excluding steroid dienone is 1. The van der Waals surface area contributed by atoms with Gasteiger partial charge in [0.2, 0.25) is 0 Å². The quantitative estimate of drug-likeness (QED) is 0.450. The van der Waals surface area contributed by atoms with Crippen LogP contribution in [0.25, 0.3) is 0 Å². The Labute approximate surface area is 77.4 Å². The normalized spacial score (nSPS) is 13.3. The second kappa shape index (κ2) is 7.52. The first-order valence-corrected chi connectivity index (χ1v) is 6.09. The molecule has 0 radical (unpaired) electrons. The minimum Gasteiger partial charge on any atom is -0.400 e. The number of hydrogen-bond acceptors (Lipinski definition) is 2. The fraction of sp³-hybridized carbons (Fsp3) is 0.778. The Morgan fingerprint density at radius 3 is 2.33 bits per heavy atom. The smallest absolute Gasteiger partial charge is 0.327 e. The van der Waals surface area contributed by atoms with E-state index in [-0.39, 0.29) is 0 Å². The monoisotopic (exact) mass is 188 g/mol. The Bertz CT molecular complexity index is 113. The van der Waals surface area contributed by atoms with Gasteiger partial charge in [-0.2, -0.15) is 0 Å². The molecule has 0 aromatic heterocycles. The zero-order valence-corrected chi connectivity index (χ0v) is 9.53. The minimum absolute atomic E-state index is 0.458. The molecule has 0 bridgehead atoms. The molecule has 0 heterocycles. The molecule has 2 nitrogen and oxygen atoms in total. The highest BCUT2D eigenvalue weighted by atomic mass is 28.3. The van der Waals surface area contributed by atoms with Crippen LogP contribution < -0.4 is 0 Å². The van der Waals surface area contributed by atoms with Crippen LogP contribution >= 0.6 is 0 Å². The summed E-state index contributed by atoms with van der Waals surface area (Å²) in [6, 6.07) is 0. The summed E-state index contributed by atoms with van der Waals surface area (Å²) in [5.74, 6) is 0. The Kier molecular flexibility index (Phi) is 7.44. The minimum atomic E-state index is -1.46. The molecule has 0 saturated heterocycles. The lowest BCUT2D eigenvalue weighted by Crippen LogP contribution is -2.25. The van der Waals surface area contributed by atoms with Gasteiger partial charge in [0.1, 0.15) is 0 Å². The van der Waals surface area contributed by atoms with Gasteiger partial charge in [0.15, 0.2) is 0 Å². The summed E-state index contributed by atoms with van der Waals surface area (Å²) >= 11 is 0. The predicted molar refractivity (Wildman–Crippen MR) is 54.6 cm³/mol. The predicted octanol–water partition coefficient (Wildman–Crippen LogP) is 2.25. The van der Waals surface area contributed by atoms with Crippen LogP contribution in [0.15, 0.2) is 12.7 Å². The summed E-state index contributed by atoms with van der Waals surface area (Å²) in [6.45, 7) is 6.00. The van der Waals surface area contributed by atoms with Gasteiger partial charge in [-0.1, -0.05) is 25.8 Å². The summed E-state index contributed by atoms with van der Waals surface area (Å²) in [4.78, 5) is 0. The van der Waals surface area contributed by atoms with E-state index in [1.807, 2.05) is 6.08 Å². The molecule has 0 aromatic carbocycles. The van der Waals surface area contributed by atoms with Crippen molar-refractivity contribution in [2.45, 2.75) is 31.7 Å². The fourth-order valence-electron chi connectivity index (χ4n) is 1.25. The zero-order valence-electron chi connectivity index (χ0n) is 8.38. The molecule has 0 amide bonds. The second-order valence-electron chi connectivity index (χ2n) is 2.88. The van der Waals surface area contributed by atoms with Crippen LogP contribution in [-0.4, -0.2) is 23.5 Å². The molecular weight excluding hydrogens is 168 g/mol. The zero-order chi connectivity index (χ0) is 9.40. The van der Waals surface area contributed by atoms with Gasteiger partial charge in [-0.05, 0) is 6.42 Å². The number of rotatable bonds is 7. The van der Waals surface area contributed by atoms with Gasteiger partial charge in [-0.25, -0.2) is 0 Å². The van der Waals surface area contributed by atoms with E-state index in [1.165, 1.54) is 12.8 Å². The van der Waals surface area contributed by atoms with Crippen molar-refractivity contribution >= 4 is 9.28 Å². The van der Waals surface area contributed by atoms with Gasteiger partial charge in [-0.3, -0.25) is 0 Å². The molecule has 12 heavy (non-hydrogen) atoms. The molecule has 3 heteroatoms. The van der Waals surface area contributed by atoms with Crippen LogP contribution in [0.1, 0.15) is 26.2 Å². The van der Waals surface area contributed by atoms with Crippen molar-refractivity contribution in [1.29, 1.82) is 0 Å². The highest BCUT2D eigenvalue weighted by Crippen LogP contribution is 2.20. The number of hydrogen-bond donors (Lipinski definition) is 0. The molecule has 1 atom stereocenters. The standard InChI is InChI=1S/C9H20O2Si/c1-5-7-8-9(6-2)12(10-3)11-4/h6,9,12H,2,5,7-8H2,1,3-4H3. The summed E-state index contributed by atoms with van der Waals surface area (Å²) in [7, 11) is 1.99. The van der Waals surface area contributed by atoms with Crippen molar-refractivity contribution in [3.63, 3.8) is 0 Å². The molecule has 0 aliphatic carbocycles. The van der Waals surface area contributed by atoms with Crippen molar-refractivity contribution in [2.24, 2.45) is 0 Å². The lowest BCUT2D eigenvalue weighted by atomic mass is 10.2. The van der Waals surface area contributed by atoms with E-state index in [2.05, 4.69) is 13.5 Å². The van der Waals surface area contributed by atoms with E-state index >= 15 is 0 Å². The SMILES string of the molecule is C=CC(CCCC)[SiH](OC)OC. The fourth-order valence-corrected chi connectivity index (χ4v) is 2.87. The van der Waals surface area contributed by atoms with E-state index in [4.69, 9.17) is 8.85 Å².